The highest BCUT2D eigenvalue weighted by Gasteiger charge is 2.21. The molecule has 0 aliphatic carbocycles. The Hall–Kier alpha value is -0.480. The predicted molar refractivity (Wildman–Crippen MR) is 57.4 cm³/mol. The minimum Gasteiger partial charge on any atom is -0.490 e. The summed E-state index contributed by atoms with van der Waals surface area (Å²) in [7, 11) is 0. The smallest absolute Gasteiger partial charge is 0.198 e. The molecule has 3 nitrogen and oxygen atoms in total. The van der Waals surface area contributed by atoms with Crippen molar-refractivity contribution in [3.63, 3.8) is 0 Å². The molecule has 0 saturated carbocycles. The molecule has 1 saturated heterocycles. The molecule has 2 heterocycles. The van der Waals surface area contributed by atoms with E-state index >= 15 is 0 Å². The van der Waals surface area contributed by atoms with Gasteiger partial charge in [0.05, 0.1) is 6.61 Å². The van der Waals surface area contributed by atoms with Crippen LogP contribution >= 0.6 is 11.8 Å². The van der Waals surface area contributed by atoms with Crippen molar-refractivity contribution in [1.29, 1.82) is 0 Å². The van der Waals surface area contributed by atoms with Crippen LogP contribution in [-0.4, -0.2) is 36.5 Å². The molecule has 2 aliphatic heterocycles. The van der Waals surface area contributed by atoms with E-state index in [1.165, 1.54) is 0 Å². The van der Waals surface area contributed by atoms with Crippen LogP contribution < -0.4 is 5.32 Å². The third-order valence-electron chi connectivity index (χ3n) is 2.41. The summed E-state index contributed by atoms with van der Waals surface area (Å²) in [5, 5.41) is 3.35. The Labute approximate surface area is 88.3 Å². The topological polar surface area (TPSA) is 38.3 Å². The maximum absolute atomic E-state index is 11.7. The minimum absolute atomic E-state index is 0.155. The summed E-state index contributed by atoms with van der Waals surface area (Å²) in [6, 6.07) is 0.339. The molecule has 0 aromatic heterocycles. The van der Waals surface area contributed by atoms with Crippen LogP contribution in [0.15, 0.2) is 11.8 Å². The fourth-order valence-corrected chi connectivity index (χ4v) is 2.64. The third-order valence-corrected chi connectivity index (χ3v) is 3.54. The molecule has 0 aromatic carbocycles. The van der Waals surface area contributed by atoms with Crippen LogP contribution in [0.4, 0.5) is 0 Å². The Morgan fingerprint density at radius 1 is 1.71 bits per heavy atom. The van der Waals surface area contributed by atoms with Gasteiger partial charge in [-0.3, -0.25) is 4.79 Å². The zero-order chi connectivity index (χ0) is 9.80. The first-order valence-corrected chi connectivity index (χ1v) is 6.19. The maximum atomic E-state index is 11.7. The van der Waals surface area contributed by atoms with E-state index in [0.29, 0.717) is 24.8 Å². The number of rotatable bonds is 3. The van der Waals surface area contributed by atoms with Gasteiger partial charge in [-0.15, -0.1) is 0 Å². The van der Waals surface area contributed by atoms with Gasteiger partial charge in [-0.1, -0.05) is 0 Å². The van der Waals surface area contributed by atoms with E-state index in [1.807, 2.05) is 17.8 Å². The molecule has 1 atom stereocenters. The fraction of sp³-hybridized carbons (Fsp3) is 0.700. The highest BCUT2D eigenvalue weighted by Crippen LogP contribution is 2.16. The molecule has 2 rings (SSSR count). The second-order valence-electron chi connectivity index (χ2n) is 3.56. The van der Waals surface area contributed by atoms with E-state index < -0.39 is 0 Å². The minimum atomic E-state index is 0.155. The zero-order valence-electron chi connectivity index (χ0n) is 8.12. The van der Waals surface area contributed by atoms with E-state index in [2.05, 4.69) is 5.32 Å². The zero-order valence-corrected chi connectivity index (χ0v) is 8.94. The Morgan fingerprint density at radius 3 is 3.29 bits per heavy atom. The van der Waals surface area contributed by atoms with Gasteiger partial charge in [0.2, 0.25) is 0 Å². The number of carbonyl (C=O) groups is 1. The number of thioether (sulfide) groups is 1. The molecule has 1 unspecified atom stereocenters. The van der Waals surface area contributed by atoms with E-state index in [4.69, 9.17) is 4.74 Å². The second kappa shape index (κ2) is 4.84. The van der Waals surface area contributed by atoms with E-state index in [1.54, 1.807) is 0 Å². The van der Waals surface area contributed by atoms with Crippen molar-refractivity contribution in [2.45, 2.75) is 18.9 Å². The average Bonchev–Trinajstić information content (AvgIpc) is 2.72. The van der Waals surface area contributed by atoms with Crippen molar-refractivity contribution in [3.8, 4) is 0 Å². The van der Waals surface area contributed by atoms with Crippen molar-refractivity contribution < 1.29 is 9.53 Å². The third kappa shape index (κ3) is 2.51. The standard InChI is InChI=1S/C10H15NO2S/c12-9(10-2-1-4-13-10)6-8-7-14-5-3-11-8/h2,8,11H,1,3-7H2. The number of Topliss-reactive ketones (excluding diaryl/α,β-unsaturated/α-hetero) is 1. The van der Waals surface area contributed by atoms with Crippen LogP contribution in [0.3, 0.4) is 0 Å². The van der Waals surface area contributed by atoms with Gasteiger partial charge in [0, 0.05) is 36.9 Å². The molecule has 0 radical (unpaired) electrons. The SMILES string of the molecule is O=C(CC1CSCCN1)C1=CCCO1. The number of carbonyl (C=O) groups excluding carboxylic acids is 1. The number of hydrogen-bond donors (Lipinski definition) is 1. The van der Waals surface area contributed by atoms with Crippen molar-refractivity contribution in [2.24, 2.45) is 0 Å². The quantitative estimate of drug-likeness (QED) is 0.757. The summed E-state index contributed by atoms with van der Waals surface area (Å²) in [5.41, 5.74) is 0. The van der Waals surface area contributed by atoms with Crippen molar-refractivity contribution in [2.75, 3.05) is 24.7 Å². The van der Waals surface area contributed by atoms with Crippen LogP contribution in [0.1, 0.15) is 12.8 Å². The van der Waals surface area contributed by atoms with Gasteiger partial charge in [0.1, 0.15) is 0 Å². The summed E-state index contributed by atoms with van der Waals surface area (Å²) in [6.07, 6.45) is 3.37. The predicted octanol–water partition coefficient (Wildman–Crippen LogP) is 0.955. The van der Waals surface area contributed by atoms with Crippen LogP contribution in [0, 0.1) is 0 Å². The van der Waals surface area contributed by atoms with Gasteiger partial charge in [-0.25, -0.2) is 0 Å². The van der Waals surface area contributed by atoms with Gasteiger partial charge in [0.15, 0.2) is 11.5 Å². The van der Waals surface area contributed by atoms with Crippen LogP contribution in [0.2, 0.25) is 0 Å². The number of allylic oxidation sites excluding steroid dienone is 1. The van der Waals surface area contributed by atoms with Crippen molar-refractivity contribution in [3.05, 3.63) is 11.8 Å². The highest BCUT2D eigenvalue weighted by atomic mass is 32.2. The second-order valence-corrected chi connectivity index (χ2v) is 4.71. The Morgan fingerprint density at radius 2 is 2.64 bits per heavy atom. The monoisotopic (exact) mass is 213 g/mol. The van der Waals surface area contributed by atoms with Gasteiger partial charge in [-0.05, 0) is 6.08 Å². The van der Waals surface area contributed by atoms with E-state index in [-0.39, 0.29) is 5.78 Å². The largest absolute Gasteiger partial charge is 0.490 e. The van der Waals surface area contributed by atoms with Crippen LogP contribution in [0.25, 0.3) is 0 Å². The van der Waals surface area contributed by atoms with Gasteiger partial charge < -0.3 is 10.1 Å². The highest BCUT2D eigenvalue weighted by molar-refractivity contribution is 7.99. The van der Waals surface area contributed by atoms with Gasteiger partial charge in [0.25, 0.3) is 0 Å². The Kier molecular flexibility index (Phi) is 3.48. The summed E-state index contributed by atoms with van der Waals surface area (Å²) >= 11 is 1.91. The van der Waals surface area contributed by atoms with Crippen molar-refractivity contribution >= 4 is 17.5 Å². The lowest BCUT2D eigenvalue weighted by atomic mass is 10.1. The Bertz CT molecular complexity index is 247. The molecule has 0 aromatic rings. The first-order chi connectivity index (χ1) is 6.86. The Balaban J connectivity index is 1.81. The van der Waals surface area contributed by atoms with E-state index in [0.717, 1.165) is 24.5 Å². The molecule has 78 valence electrons. The summed E-state index contributed by atoms with van der Waals surface area (Å²) < 4.78 is 5.23. The number of nitrogens with one attached hydrogen (secondary N) is 1. The molecule has 0 spiro atoms. The summed E-state index contributed by atoms with van der Waals surface area (Å²) in [4.78, 5) is 11.7. The number of hydrogen-bond acceptors (Lipinski definition) is 4. The molecule has 4 heteroatoms. The molecular formula is C10H15NO2S. The molecular weight excluding hydrogens is 198 g/mol. The van der Waals surface area contributed by atoms with Gasteiger partial charge in [-0.2, -0.15) is 11.8 Å². The molecule has 14 heavy (non-hydrogen) atoms. The molecule has 2 aliphatic rings. The first-order valence-electron chi connectivity index (χ1n) is 5.03. The summed E-state index contributed by atoms with van der Waals surface area (Å²) in [5.74, 6) is 2.94. The first kappa shape index (κ1) is 10.1. The lowest BCUT2D eigenvalue weighted by Crippen LogP contribution is -2.39. The number of ketones is 1. The maximum Gasteiger partial charge on any atom is 0.198 e. The van der Waals surface area contributed by atoms with Crippen molar-refractivity contribution in [1.82, 2.24) is 5.32 Å². The molecule has 0 amide bonds. The lowest BCUT2D eigenvalue weighted by Gasteiger charge is -2.22. The number of ether oxygens (including phenoxy) is 1. The fourth-order valence-electron chi connectivity index (χ4n) is 1.69. The van der Waals surface area contributed by atoms with E-state index in [9.17, 15) is 4.79 Å². The van der Waals surface area contributed by atoms with Crippen LogP contribution in [0.5, 0.6) is 0 Å². The normalized spacial score (nSPS) is 26.9. The summed E-state index contributed by atoms with van der Waals surface area (Å²) in [6.45, 7) is 1.69. The average molecular weight is 213 g/mol. The van der Waals surface area contributed by atoms with Gasteiger partial charge >= 0.3 is 0 Å². The molecule has 1 fully saturated rings. The lowest BCUT2D eigenvalue weighted by molar-refractivity contribution is -0.118. The molecule has 1 N–H and O–H groups in total. The van der Waals surface area contributed by atoms with Crippen LogP contribution in [-0.2, 0) is 9.53 Å². The molecule has 0 bridgehead atoms.